The smallest absolute Gasteiger partial charge is 0.323 e. The van der Waals surface area contributed by atoms with Crippen LogP contribution in [0.3, 0.4) is 0 Å². The van der Waals surface area contributed by atoms with Gasteiger partial charge in [0.15, 0.2) is 11.2 Å². The molecule has 1 aromatic carbocycles. The molecule has 4 nitrogen and oxygen atoms in total. The maximum atomic E-state index is 13.9. The first kappa shape index (κ1) is 18.9. The van der Waals surface area contributed by atoms with Gasteiger partial charge in [0.25, 0.3) is 0 Å². The molecule has 0 amide bonds. The fourth-order valence-corrected chi connectivity index (χ4v) is 2.65. The summed E-state index contributed by atoms with van der Waals surface area (Å²) < 4.78 is 23.9. The highest BCUT2D eigenvalue weighted by Crippen LogP contribution is 2.33. The van der Waals surface area contributed by atoms with Crippen LogP contribution in [0.5, 0.6) is 0 Å². The van der Waals surface area contributed by atoms with Gasteiger partial charge in [-0.05, 0) is 48.3 Å². The number of carbonyl (C=O) groups excluding carboxylic acids is 2. The average Bonchev–Trinajstić information content (AvgIpc) is 2.48. The normalized spacial score (nSPS) is 11.2. The van der Waals surface area contributed by atoms with Crippen LogP contribution >= 0.6 is 27.5 Å². The van der Waals surface area contributed by atoms with Crippen molar-refractivity contribution in [3.05, 3.63) is 33.0 Å². The Morgan fingerprint density at radius 1 is 1.23 bits per heavy atom. The Bertz CT molecular complexity index is 559. The summed E-state index contributed by atoms with van der Waals surface area (Å²) in [6.45, 7) is 4.96. The van der Waals surface area contributed by atoms with Crippen molar-refractivity contribution in [3.8, 4) is 0 Å². The van der Waals surface area contributed by atoms with E-state index in [-0.39, 0.29) is 29.1 Å². The van der Waals surface area contributed by atoms with Gasteiger partial charge in [-0.3, -0.25) is 9.59 Å². The van der Waals surface area contributed by atoms with Crippen LogP contribution in [0.25, 0.3) is 0 Å². The summed E-state index contributed by atoms with van der Waals surface area (Å²) in [4.78, 5) is 24.4. The van der Waals surface area contributed by atoms with Crippen LogP contribution in [0.15, 0.2) is 16.6 Å². The number of hydrogen-bond acceptors (Lipinski definition) is 4. The number of carbonyl (C=O) groups is 2. The van der Waals surface area contributed by atoms with Gasteiger partial charge in [0.1, 0.15) is 0 Å². The maximum Gasteiger partial charge on any atom is 0.323 e. The molecule has 0 radical (unpaired) electrons. The fraction of sp³-hybridized carbons (Fsp3) is 0.467. The van der Waals surface area contributed by atoms with Crippen LogP contribution in [-0.4, -0.2) is 25.2 Å². The predicted molar refractivity (Wildman–Crippen MR) is 84.2 cm³/mol. The molecule has 0 unspecified atom stereocenters. The van der Waals surface area contributed by atoms with E-state index in [2.05, 4.69) is 15.9 Å². The monoisotopic (exact) mass is 394 g/mol. The van der Waals surface area contributed by atoms with Gasteiger partial charge in [0, 0.05) is 6.42 Å². The molecule has 0 fully saturated rings. The molecule has 0 aliphatic rings. The second-order valence-corrected chi connectivity index (χ2v) is 5.98. The Balaban J connectivity index is 3.21. The largest absolute Gasteiger partial charge is 0.465 e. The van der Waals surface area contributed by atoms with Crippen LogP contribution in [0, 0.1) is 11.2 Å². The second kappa shape index (κ2) is 7.92. The number of rotatable bonds is 6. The highest BCUT2D eigenvalue weighted by molar-refractivity contribution is 9.10. The molecule has 1 rings (SSSR count). The minimum atomic E-state index is -1.56. The van der Waals surface area contributed by atoms with Crippen molar-refractivity contribution in [2.24, 2.45) is 5.41 Å². The number of benzene rings is 1. The van der Waals surface area contributed by atoms with E-state index in [9.17, 15) is 14.0 Å². The summed E-state index contributed by atoms with van der Waals surface area (Å²) in [5.74, 6) is -2.07. The van der Waals surface area contributed by atoms with Crippen molar-refractivity contribution in [3.63, 3.8) is 0 Å². The fourth-order valence-electron chi connectivity index (χ4n) is 1.89. The molecule has 122 valence electrons. The molecule has 0 aliphatic carbocycles. The van der Waals surface area contributed by atoms with Crippen LogP contribution in [0.1, 0.15) is 26.3 Å². The van der Waals surface area contributed by atoms with E-state index < -0.39 is 23.2 Å². The molecule has 0 bridgehead atoms. The highest BCUT2D eigenvalue weighted by atomic mass is 79.9. The Labute approximate surface area is 142 Å². The Kier molecular flexibility index (Phi) is 6.81. The first-order valence-corrected chi connectivity index (χ1v) is 7.91. The molecule has 1 aromatic rings. The standard InChI is InChI=1S/C15H17BrClFO4/c1-4-21-13(19)15(3,14(20)22-5-2)8-9-6-7-10(17)12(18)11(9)16/h6-7H,4-5,8H2,1-3H3. The third-order valence-electron chi connectivity index (χ3n) is 3.11. The van der Waals surface area contributed by atoms with E-state index >= 15 is 0 Å². The molecule has 0 N–H and O–H groups in total. The summed E-state index contributed by atoms with van der Waals surface area (Å²) in [6.07, 6.45) is -0.0701. The molecule has 0 spiro atoms. The first-order valence-electron chi connectivity index (χ1n) is 6.74. The van der Waals surface area contributed by atoms with Crippen molar-refractivity contribution in [1.82, 2.24) is 0 Å². The lowest BCUT2D eigenvalue weighted by atomic mass is 9.83. The molecule has 22 heavy (non-hydrogen) atoms. The van der Waals surface area contributed by atoms with E-state index in [4.69, 9.17) is 21.1 Å². The van der Waals surface area contributed by atoms with Crippen molar-refractivity contribution in [2.75, 3.05) is 13.2 Å². The van der Waals surface area contributed by atoms with Gasteiger partial charge in [-0.2, -0.15) is 0 Å². The van der Waals surface area contributed by atoms with E-state index in [0.29, 0.717) is 5.56 Å². The van der Waals surface area contributed by atoms with Crippen LogP contribution in [0.4, 0.5) is 4.39 Å². The summed E-state index contributed by atoms with van der Waals surface area (Å²) in [5, 5.41) is -0.0513. The van der Waals surface area contributed by atoms with Gasteiger partial charge in [0.05, 0.1) is 22.7 Å². The molecule has 0 saturated carbocycles. The van der Waals surface area contributed by atoms with Gasteiger partial charge < -0.3 is 9.47 Å². The van der Waals surface area contributed by atoms with Crippen LogP contribution in [0.2, 0.25) is 5.02 Å². The zero-order valence-corrected chi connectivity index (χ0v) is 14.9. The van der Waals surface area contributed by atoms with Crippen molar-refractivity contribution in [1.29, 1.82) is 0 Å². The first-order chi connectivity index (χ1) is 10.3. The third kappa shape index (κ3) is 3.98. The highest BCUT2D eigenvalue weighted by Gasteiger charge is 2.44. The van der Waals surface area contributed by atoms with Gasteiger partial charge in [0.2, 0.25) is 0 Å². The molecule has 0 saturated heterocycles. The predicted octanol–water partition coefficient (Wildman–Crippen LogP) is 3.92. The van der Waals surface area contributed by atoms with Crippen LogP contribution in [-0.2, 0) is 25.5 Å². The number of esters is 2. The molecular formula is C15H17BrClFO4. The number of halogens is 3. The topological polar surface area (TPSA) is 52.6 Å². The minimum absolute atomic E-state index is 0.0513. The third-order valence-corrected chi connectivity index (χ3v) is 4.26. The summed E-state index contributed by atoms with van der Waals surface area (Å²) in [5.41, 5.74) is -1.14. The lowest BCUT2D eigenvalue weighted by Gasteiger charge is -2.25. The Morgan fingerprint density at radius 2 is 1.73 bits per heavy atom. The van der Waals surface area contributed by atoms with Crippen LogP contribution < -0.4 is 0 Å². The summed E-state index contributed by atoms with van der Waals surface area (Å²) >= 11 is 8.79. The molecule has 7 heteroatoms. The lowest BCUT2D eigenvalue weighted by Crippen LogP contribution is -2.41. The molecular weight excluding hydrogens is 379 g/mol. The van der Waals surface area contributed by atoms with Gasteiger partial charge >= 0.3 is 11.9 Å². The minimum Gasteiger partial charge on any atom is -0.465 e. The zero-order chi connectivity index (χ0) is 16.9. The van der Waals surface area contributed by atoms with E-state index in [0.717, 1.165) is 0 Å². The number of ether oxygens (including phenoxy) is 2. The molecule has 0 atom stereocenters. The lowest BCUT2D eigenvalue weighted by molar-refractivity contribution is -0.170. The van der Waals surface area contributed by atoms with E-state index in [1.165, 1.54) is 13.0 Å². The average molecular weight is 396 g/mol. The van der Waals surface area contributed by atoms with Crippen molar-refractivity contribution < 1.29 is 23.5 Å². The quantitative estimate of drug-likeness (QED) is 0.416. The van der Waals surface area contributed by atoms with Gasteiger partial charge in [-0.1, -0.05) is 17.7 Å². The second-order valence-electron chi connectivity index (χ2n) is 4.78. The van der Waals surface area contributed by atoms with Gasteiger partial charge in [-0.15, -0.1) is 0 Å². The van der Waals surface area contributed by atoms with Crippen molar-refractivity contribution in [2.45, 2.75) is 27.2 Å². The summed E-state index contributed by atoms with van der Waals surface area (Å²) in [7, 11) is 0. The van der Waals surface area contributed by atoms with E-state index in [1.54, 1.807) is 19.9 Å². The Morgan fingerprint density at radius 3 is 2.18 bits per heavy atom. The van der Waals surface area contributed by atoms with Crippen molar-refractivity contribution >= 4 is 39.5 Å². The zero-order valence-electron chi connectivity index (χ0n) is 12.5. The Hall–Kier alpha value is -1.14. The SMILES string of the molecule is CCOC(=O)C(C)(Cc1ccc(Cl)c(F)c1Br)C(=O)OCC. The summed E-state index contributed by atoms with van der Waals surface area (Å²) in [6, 6.07) is 2.92. The number of hydrogen-bond donors (Lipinski definition) is 0. The van der Waals surface area contributed by atoms with E-state index in [1.807, 2.05) is 0 Å². The maximum absolute atomic E-state index is 13.9. The van der Waals surface area contributed by atoms with Gasteiger partial charge in [-0.25, -0.2) is 4.39 Å². The molecule has 0 heterocycles. The molecule has 0 aromatic heterocycles. The molecule has 0 aliphatic heterocycles.